The van der Waals surface area contributed by atoms with Gasteiger partial charge in [-0.15, -0.1) is 0 Å². The van der Waals surface area contributed by atoms with E-state index in [0.29, 0.717) is 24.5 Å². The van der Waals surface area contributed by atoms with Gasteiger partial charge in [-0.3, -0.25) is 4.79 Å². The average Bonchev–Trinajstić information content (AvgIpc) is 3.32. The van der Waals surface area contributed by atoms with Crippen molar-refractivity contribution in [3.8, 4) is 11.5 Å². The van der Waals surface area contributed by atoms with Gasteiger partial charge in [0.25, 0.3) is 0 Å². The lowest BCUT2D eigenvalue weighted by atomic mass is 9.80. The number of ketones is 1. The Bertz CT molecular complexity index is 1230. The number of fused-ring (bicyclic) bond motifs is 3. The molecule has 0 aliphatic carbocycles. The van der Waals surface area contributed by atoms with Crippen LogP contribution in [0.15, 0.2) is 41.3 Å². The molecule has 2 fully saturated rings. The molecule has 3 aliphatic rings. The summed E-state index contributed by atoms with van der Waals surface area (Å²) in [5.41, 5.74) is 0.557. The molecule has 3 heterocycles. The van der Waals surface area contributed by atoms with Crippen LogP contribution in [0.3, 0.4) is 0 Å². The minimum absolute atomic E-state index is 0.0290. The Labute approximate surface area is 199 Å². The first-order chi connectivity index (χ1) is 16.1. The van der Waals surface area contributed by atoms with Crippen molar-refractivity contribution in [2.45, 2.75) is 43.0 Å². The summed E-state index contributed by atoms with van der Waals surface area (Å²) in [5.74, 6) is 0.758. The van der Waals surface area contributed by atoms with Gasteiger partial charge in [-0.1, -0.05) is 17.7 Å². The van der Waals surface area contributed by atoms with Crippen LogP contribution in [0.1, 0.15) is 30.0 Å². The van der Waals surface area contributed by atoms with Crippen molar-refractivity contribution in [3.05, 3.63) is 53.1 Å². The number of nitrogens with zero attached hydrogens (tertiary/aromatic N) is 1. The molecule has 9 heteroatoms. The minimum Gasteiger partial charge on any atom is -0.497 e. The fourth-order valence-electron chi connectivity index (χ4n) is 5.69. The Kier molecular flexibility index (Phi) is 5.51. The standard InChI is InChI=1S/C25H29NO7S/c1-16-5-7-21(8-6-16)34(28,29)26-12-19-11-24(33-25(19,14-26)17(2)27)15-32-13-18-9-20(30-3)10-22(31-4)23(18)24/h5-10,19H,11-15H2,1-4H3/t19-,24+,25-/m1/s1. The van der Waals surface area contributed by atoms with Gasteiger partial charge in [0, 0.05) is 24.1 Å². The van der Waals surface area contributed by atoms with E-state index >= 15 is 0 Å². The molecule has 34 heavy (non-hydrogen) atoms. The molecular formula is C25H29NO7S. The molecular weight excluding hydrogens is 458 g/mol. The summed E-state index contributed by atoms with van der Waals surface area (Å²) in [4.78, 5) is 13.3. The predicted molar refractivity (Wildman–Crippen MR) is 123 cm³/mol. The molecule has 182 valence electrons. The van der Waals surface area contributed by atoms with E-state index in [2.05, 4.69) is 0 Å². The quantitative estimate of drug-likeness (QED) is 0.641. The Hall–Kier alpha value is -2.46. The molecule has 3 atom stereocenters. The molecule has 2 saturated heterocycles. The number of rotatable bonds is 5. The monoisotopic (exact) mass is 487 g/mol. The molecule has 2 aromatic rings. The molecule has 0 N–H and O–H groups in total. The van der Waals surface area contributed by atoms with Crippen LogP contribution in [-0.2, 0) is 36.5 Å². The lowest BCUT2D eigenvalue weighted by molar-refractivity contribution is -0.169. The third-order valence-corrected chi connectivity index (χ3v) is 9.19. The van der Waals surface area contributed by atoms with Crippen molar-refractivity contribution in [2.75, 3.05) is 33.9 Å². The van der Waals surface area contributed by atoms with E-state index in [-0.39, 0.29) is 36.3 Å². The van der Waals surface area contributed by atoms with Gasteiger partial charge >= 0.3 is 0 Å². The topological polar surface area (TPSA) is 91.4 Å². The average molecular weight is 488 g/mol. The van der Waals surface area contributed by atoms with Gasteiger partial charge in [0.15, 0.2) is 5.78 Å². The van der Waals surface area contributed by atoms with Gasteiger partial charge in [-0.25, -0.2) is 8.42 Å². The second-order valence-corrected chi connectivity index (χ2v) is 11.3. The Morgan fingerprint density at radius 1 is 1.15 bits per heavy atom. The summed E-state index contributed by atoms with van der Waals surface area (Å²) >= 11 is 0. The molecule has 0 radical (unpaired) electrons. The second-order valence-electron chi connectivity index (χ2n) is 9.41. The van der Waals surface area contributed by atoms with Crippen LogP contribution >= 0.6 is 0 Å². The van der Waals surface area contributed by atoms with Crippen molar-refractivity contribution >= 4 is 15.8 Å². The first-order valence-electron chi connectivity index (χ1n) is 11.3. The summed E-state index contributed by atoms with van der Waals surface area (Å²) in [5, 5.41) is 0. The maximum Gasteiger partial charge on any atom is 0.243 e. The molecule has 0 unspecified atom stereocenters. The molecule has 2 aromatic carbocycles. The van der Waals surface area contributed by atoms with Crippen LogP contribution < -0.4 is 9.47 Å². The number of hydrogen-bond acceptors (Lipinski definition) is 7. The fourth-order valence-corrected chi connectivity index (χ4v) is 7.21. The van der Waals surface area contributed by atoms with Crippen molar-refractivity contribution < 1.29 is 32.2 Å². The number of carbonyl (C=O) groups is 1. The van der Waals surface area contributed by atoms with Crippen LogP contribution in [0.25, 0.3) is 0 Å². The number of methoxy groups -OCH3 is 2. The number of carbonyl (C=O) groups excluding carboxylic acids is 1. The largest absolute Gasteiger partial charge is 0.497 e. The molecule has 1 spiro atoms. The zero-order chi connectivity index (χ0) is 24.3. The second kappa shape index (κ2) is 8.05. The zero-order valence-electron chi connectivity index (χ0n) is 19.8. The van der Waals surface area contributed by atoms with Crippen LogP contribution in [0.2, 0.25) is 0 Å². The van der Waals surface area contributed by atoms with Crippen LogP contribution in [0, 0.1) is 12.8 Å². The minimum atomic E-state index is -3.77. The highest BCUT2D eigenvalue weighted by atomic mass is 32.2. The van der Waals surface area contributed by atoms with E-state index < -0.39 is 21.2 Å². The van der Waals surface area contributed by atoms with Gasteiger partial charge in [-0.2, -0.15) is 4.31 Å². The molecule has 3 aliphatic heterocycles. The van der Waals surface area contributed by atoms with Crippen LogP contribution in [-0.4, -0.2) is 58.0 Å². The zero-order valence-corrected chi connectivity index (χ0v) is 20.6. The summed E-state index contributed by atoms with van der Waals surface area (Å²) in [6.07, 6.45) is 0.447. The van der Waals surface area contributed by atoms with E-state index in [1.807, 2.05) is 13.0 Å². The van der Waals surface area contributed by atoms with Crippen LogP contribution in [0.5, 0.6) is 11.5 Å². The van der Waals surface area contributed by atoms with Crippen molar-refractivity contribution in [1.29, 1.82) is 0 Å². The van der Waals surface area contributed by atoms with Gasteiger partial charge in [-0.05, 0) is 44.0 Å². The SMILES string of the molecule is COc1cc2c(c(OC)c1)[C@@]1(COC2)C[C@@H]2CN(S(=O)(=O)c3ccc(C)cc3)C[C@]2(C(C)=O)O1. The van der Waals surface area contributed by atoms with Crippen molar-refractivity contribution in [1.82, 2.24) is 4.31 Å². The normalized spacial score (nSPS) is 28.5. The summed E-state index contributed by atoms with van der Waals surface area (Å²) in [7, 11) is -0.589. The first-order valence-corrected chi connectivity index (χ1v) is 12.7. The third kappa shape index (κ3) is 3.37. The summed E-state index contributed by atoms with van der Waals surface area (Å²) < 4.78 is 51.8. The number of aryl methyl sites for hydroxylation is 1. The van der Waals surface area contributed by atoms with E-state index in [0.717, 1.165) is 16.7 Å². The number of sulfonamides is 1. The Morgan fingerprint density at radius 3 is 2.50 bits per heavy atom. The van der Waals surface area contributed by atoms with Crippen molar-refractivity contribution in [3.63, 3.8) is 0 Å². The Morgan fingerprint density at radius 2 is 1.88 bits per heavy atom. The van der Waals surface area contributed by atoms with Gasteiger partial charge < -0.3 is 18.9 Å². The van der Waals surface area contributed by atoms with Gasteiger partial charge in [0.1, 0.15) is 22.7 Å². The maximum absolute atomic E-state index is 13.4. The van der Waals surface area contributed by atoms with Gasteiger partial charge in [0.05, 0.1) is 38.9 Å². The highest BCUT2D eigenvalue weighted by molar-refractivity contribution is 7.89. The molecule has 0 aromatic heterocycles. The number of benzene rings is 2. The van der Waals surface area contributed by atoms with Crippen molar-refractivity contribution in [2.24, 2.45) is 5.92 Å². The van der Waals surface area contributed by atoms with E-state index in [1.165, 1.54) is 11.2 Å². The smallest absolute Gasteiger partial charge is 0.243 e. The summed E-state index contributed by atoms with van der Waals surface area (Å²) in [6.45, 7) is 4.19. The molecule has 8 nitrogen and oxygen atoms in total. The van der Waals surface area contributed by atoms with Gasteiger partial charge in [0.2, 0.25) is 10.0 Å². The number of Topliss-reactive ketones (excluding diaryl/α,β-unsaturated/α-hetero) is 1. The van der Waals surface area contributed by atoms with E-state index in [4.69, 9.17) is 18.9 Å². The lowest BCUT2D eigenvalue weighted by Gasteiger charge is -2.39. The summed E-state index contributed by atoms with van der Waals surface area (Å²) in [6, 6.07) is 10.4. The van der Waals surface area contributed by atoms with Crippen LogP contribution in [0.4, 0.5) is 0 Å². The third-order valence-electron chi connectivity index (χ3n) is 7.36. The number of hydrogen-bond donors (Lipinski definition) is 0. The first kappa shape index (κ1) is 23.3. The fraction of sp³-hybridized carbons (Fsp3) is 0.480. The molecule has 5 rings (SSSR count). The highest BCUT2D eigenvalue weighted by Gasteiger charge is 2.65. The molecule has 0 bridgehead atoms. The highest BCUT2D eigenvalue weighted by Crippen LogP contribution is 2.57. The predicted octanol–water partition coefficient (Wildman–Crippen LogP) is 2.81. The van der Waals surface area contributed by atoms with E-state index in [1.54, 1.807) is 44.6 Å². The molecule has 0 saturated carbocycles. The number of ether oxygens (including phenoxy) is 4. The molecule has 0 amide bonds. The van der Waals surface area contributed by atoms with E-state index in [9.17, 15) is 13.2 Å². The lowest BCUT2D eigenvalue weighted by Crippen LogP contribution is -2.48. The Balaban J connectivity index is 1.53. The maximum atomic E-state index is 13.4.